The van der Waals surface area contributed by atoms with Crippen LogP contribution in [0.4, 0.5) is 0 Å². The van der Waals surface area contributed by atoms with Crippen molar-refractivity contribution in [2.45, 2.75) is 19.8 Å². The molecule has 0 bridgehead atoms. The molecule has 1 fully saturated rings. The van der Waals surface area contributed by atoms with Crippen LogP contribution < -0.4 is 4.74 Å². The number of hydrogen-bond acceptors (Lipinski definition) is 5. The lowest BCUT2D eigenvalue weighted by Gasteiger charge is -2.37. The van der Waals surface area contributed by atoms with Crippen molar-refractivity contribution in [3.05, 3.63) is 65.5 Å². The van der Waals surface area contributed by atoms with Crippen LogP contribution in [0.1, 0.15) is 33.6 Å². The highest BCUT2D eigenvalue weighted by Gasteiger charge is 2.35. The quantitative estimate of drug-likeness (QED) is 0.783. The highest BCUT2D eigenvalue weighted by Crippen LogP contribution is 2.26. The lowest BCUT2D eigenvalue weighted by atomic mass is 9.99. The van der Waals surface area contributed by atoms with Crippen LogP contribution in [-0.4, -0.2) is 44.1 Å². The molecule has 7 nitrogen and oxygen atoms in total. The highest BCUT2D eigenvalue weighted by molar-refractivity contribution is 5.93. The molecule has 0 spiro atoms. The number of carbonyl (C=O) groups excluding carboxylic acids is 1. The molecule has 1 saturated heterocycles. The molecule has 3 aromatic rings. The Balaban J connectivity index is 1.37. The van der Waals surface area contributed by atoms with Crippen LogP contribution in [0.5, 0.6) is 11.5 Å². The first kappa shape index (κ1) is 16.3. The van der Waals surface area contributed by atoms with E-state index in [1.54, 1.807) is 23.2 Å². The van der Waals surface area contributed by atoms with Gasteiger partial charge in [0, 0.05) is 13.1 Å². The number of pyridine rings is 1. The van der Waals surface area contributed by atoms with Crippen molar-refractivity contribution in [2.24, 2.45) is 0 Å². The fourth-order valence-electron chi connectivity index (χ4n) is 2.89. The number of aromatic nitrogens is 4. The second-order valence-electron chi connectivity index (χ2n) is 6.48. The largest absolute Gasteiger partial charge is 0.456 e. The molecule has 0 saturated carbocycles. The van der Waals surface area contributed by atoms with Crippen LogP contribution in [0, 0.1) is 13.8 Å². The topological polar surface area (TPSA) is 84.0 Å². The van der Waals surface area contributed by atoms with Gasteiger partial charge in [0.05, 0.1) is 12.1 Å². The molecule has 0 atom stereocenters. The number of H-pyrrole nitrogens is 1. The van der Waals surface area contributed by atoms with E-state index < -0.39 is 0 Å². The molecule has 1 N–H and O–H groups in total. The van der Waals surface area contributed by atoms with E-state index in [1.807, 2.05) is 38.1 Å². The van der Waals surface area contributed by atoms with Gasteiger partial charge in [0.15, 0.2) is 5.82 Å². The van der Waals surface area contributed by atoms with Gasteiger partial charge in [-0.25, -0.2) is 9.97 Å². The third-order valence-electron chi connectivity index (χ3n) is 4.33. The molecule has 0 unspecified atom stereocenters. The number of hydrogen-bond donors (Lipinski definition) is 1. The van der Waals surface area contributed by atoms with Crippen molar-refractivity contribution in [1.82, 2.24) is 25.1 Å². The van der Waals surface area contributed by atoms with E-state index in [2.05, 4.69) is 20.2 Å². The van der Waals surface area contributed by atoms with Crippen molar-refractivity contribution >= 4 is 5.91 Å². The van der Waals surface area contributed by atoms with Gasteiger partial charge in [-0.2, -0.15) is 5.10 Å². The van der Waals surface area contributed by atoms with Crippen molar-refractivity contribution in [3.63, 3.8) is 0 Å². The number of aromatic amines is 1. The summed E-state index contributed by atoms with van der Waals surface area (Å²) in [5.74, 6) is 3.00. The zero-order valence-electron chi connectivity index (χ0n) is 14.6. The zero-order chi connectivity index (χ0) is 18.1. The predicted octanol–water partition coefficient (Wildman–Crippen LogP) is 2.85. The number of aryl methyl sites for hydroxylation is 2. The molecule has 4 rings (SSSR count). The van der Waals surface area contributed by atoms with Gasteiger partial charge in [0.2, 0.25) is 0 Å². The Hall–Kier alpha value is -3.22. The van der Waals surface area contributed by atoms with E-state index >= 15 is 0 Å². The number of ether oxygens (including phenoxy) is 1. The average molecular weight is 349 g/mol. The van der Waals surface area contributed by atoms with Crippen molar-refractivity contribution < 1.29 is 9.53 Å². The van der Waals surface area contributed by atoms with Gasteiger partial charge in [-0.1, -0.05) is 12.1 Å². The minimum absolute atomic E-state index is 0.0874. The number of benzene rings is 1. The fraction of sp³-hybridized carbons (Fsp3) is 0.263. The highest BCUT2D eigenvalue weighted by atomic mass is 16.5. The van der Waals surface area contributed by atoms with Crippen LogP contribution in [-0.2, 0) is 0 Å². The van der Waals surface area contributed by atoms with Crippen LogP contribution in [0.3, 0.4) is 0 Å². The summed E-state index contributed by atoms with van der Waals surface area (Å²) in [6.07, 6.45) is 1.57. The maximum atomic E-state index is 12.5. The van der Waals surface area contributed by atoms with Crippen molar-refractivity contribution in [1.29, 1.82) is 0 Å². The van der Waals surface area contributed by atoms with E-state index in [0.29, 0.717) is 24.5 Å². The first-order chi connectivity index (χ1) is 12.6. The van der Waals surface area contributed by atoms with E-state index in [9.17, 15) is 4.79 Å². The van der Waals surface area contributed by atoms with Crippen molar-refractivity contribution in [3.8, 4) is 11.5 Å². The van der Waals surface area contributed by atoms with Gasteiger partial charge in [0.25, 0.3) is 5.91 Å². The molecule has 0 aliphatic carbocycles. The van der Waals surface area contributed by atoms with Gasteiger partial charge in [-0.3, -0.25) is 9.89 Å². The van der Waals surface area contributed by atoms with E-state index in [0.717, 1.165) is 23.0 Å². The van der Waals surface area contributed by atoms with E-state index in [-0.39, 0.29) is 11.8 Å². The number of carbonyl (C=O) groups is 1. The molecular weight excluding hydrogens is 330 g/mol. The number of likely N-dealkylation sites (tertiary alicyclic amines) is 1. The fourth-order valence-corrected chi connectivity index (χ4v) is 2.89. The van der Waals surface area contributed by atoms with Crippen LogP contribution in [0.25, 0.3) is 0 Å². The molecule has 1 aliphatic rings. The summed E-state index contributed by atoms with van der Waals surface area (Å²) in [6, 6.07) is 11.2. The van der Waals surface area contributed by atoms with Crippen molar-refractivity contribution in [2.75, 3.05) is 13.1 Å². The first-order valence-corrected chi connectivity index (χ1v) is 8.47. The first-order valence-electron chi connectivity index (χ1n) is 8.47. The lowest BCUT2D eigenvalue weighted by Crippen LogP contribution is -2.49. The van der Waals surface area contributed by atoms with Gasteiger partial charge in [0.1, 0.15) is 23.0 Å². The van der Waals surface area contributed by atoms with Gasteiger partial charge in [-0.15, -0.1) is 0 Å². The Morgan fingerprint density at radius 3 is 2.69 bits per heavy atom. The van der Waals surface area contributed by atoms with Gasteiger partial charge >= 0.3 is 0 Å². The van der Waals surface area contributed by atoms with Gasteiger partial charge < -0.3 is 9.64 Å². The number of rotatable bonds is 4. The molecular formula is C19H19N5O2. The minimum Gasteiger partial charge on any atom is -0.456 e. The summed E-state index contributed by atoms with van der Waals surface area (Å²) in [5.41, 5.74) is 1.53. The summed E-state index contributed by atoms with van der Waals surface area (Å²) >= 11 is 0. The summed E-state index contributed by atoms with van der Waals surface area (Å²) in [6.45, 7) is 5.09. The molecule has 2 aromatic heterocycles. The van der Waals surface area contributed by atoms with Crippen LogP contribution in [0.2, 0.25) is 0 Å². The smallest absolute Gasteiger partial charge is 0.272 e. The molecule has 1 aliphatic heterocycles. The van der Waals surface area contributed by atoms with E-state index in [1.165, 1.54) is 0 Å². The number of nitrogens with zero attached hydrogens (tertiary/aromatic N) is 4. The summed E-state index contributed by atoms with van der Waals surface area (Å²) in [4.78, 5) is 22.8. The molecule has 26 heavy (non-hydrogen) atoms. The lowest BCUT2D eigenvalue weighted by molar-refractivity contribution is 0.0589. The Kier molecular flexibility index (Phi) is 4.12. The monoisotopic (exact) mass is 349 g/mol. The molecule has 1 amide bonds. The Bertz CT molecular complexity index is 929. The summed E-state index contributed by atoms with van der Waals surface area (Å²) < 4.78 is 5.76. The normalized spacial score (nSPS) is 14.2. The maximum Gasteiger partial charge on any atom is 0.272 e. The third kappa shape index (κ3) is 3.28. The molecule has 0 radical (unpaired) electrons. The maximum absolute atomic E-state index is 12.5. The number of amides is 1. The molecule has 7 heteroatoms. The molecule has 1 aromatic carbocycles. The van der Waals surface area contributed by atoms with E-state index in [4.69, 9.17) is 4.74 Å². The number of nitrogens with one attached hydrogen (secondary N) is 1. The standard InChI is InChI=1S/C19H19N5O2/c1-12-4-3-5-15(8-12)26-16-6-7-17(20-9-16)19(25)24-10-14(11-24)18-21-13(2)22-23-18/h3-9,14H,10-11H2,1-2H3,(H,21,22,23). The Morgan fingerprint density at radius 1 is 1.19 bits per heavy atom. The molecule has 3 heterocycles. The second-order valence-corrected chi connectivity index (χ2v) is 6.48. The summed E-state index contributed by atoms with van der Waals surface area (Å²) in [7, 11) is 0. The predicted molar refractivity (Wildman–Crippen MR) is 95.3 cm³/mol. The van der Waals surface area contributed by atoms with Crippen LogP contribution in [0.15, 0.2) is 42.6 Å². The second kappa shape index (κ2) is 6.59. The Morgan fingerprint density at radius 2 is 2.04 bits per heavy atom. The third-order valence-corrected chi connectivity index (χ3v) is 4.33. The van der Waals surface area contributed by atoms with Crippen LogP contribution >= 0.6 is 0 Å². The summed E-state index contributed by atoms with van der Waals surface area (Å²) in [5, 5.41) is 6.99. The SMILES string of the molecule is Cc1cccc(Oc2ccc(C(=O)N3CC(c4n[nH]c(C)n4)C3)nc2)c1. The zero-order valence-corrected chi connectivity index (χ0v) is 14.6. The minimum atomic E-state index is -0.0874. The van der Waals surface area contributed by atoms with Gasteiger partial charge in [-0.05, 0) is 43.7 Å². The average Bonchev–Trinajstić information content (AvgIpc) is 3.00. The Labute approximate surface area is 151 Å². The molecule has 132 valence electrons.